The van der Waals surface area contributed by atoms with Crippen molar-refractivity contribution in [3.05, 3.63) is 74.2 Å². The Morgan fingerprint density at radius 3 is 2.31 bits per heavy atom. The molecule has 4 aliphatic rings. The predicted octanol–water partition coefficient (Wildman–Crippen LogP) is 7.37. The molecule has 3 atom stereocenters. The molecule has 0 saturated carbocycles. The number of hydrogen-bond acceptors (Lipinski definition) is 8. The van der Waals surface area contributed by atoms with Gasteiger partial charge in [0.15, 0.2) is 5.17 Å². The number of thioether (sulfide) groups is 1. The quantitative estimate of drug-likeness (QED) is 0.304. The first-order valence-corrected chi connectivity index (χ1v) is 19.2. The minimum Gasteiger partial charge on any atom is -0.443 e. The SMILES string of the molecule is CC(C)C1=C(C(=O)N2CCC[C@H]2C(=O)N2CCN(C)CC2)SC2=N[C@@](C)(c3ccc(Cl)c(N(C)C(=O)OC(C)(C)C)c3)[C@@H](c3ccc(Cl)cc3)N21. The molecule has 0 bridgehead atoms. The van der Waals surface area contributed by atoms with Gasteiger partial charge in [0, 0.05) is 50.5 Å². The molecular formula is C38H48Cl2N6O4S. The van der Waals surface area contributed by atoms with Gasteiger partial charge in [0.2, 0.25) is 5.91 Å². The number of anilines is 1. The lowest BCUT2D eigenvalue weighted by molar-refractivity contribution is -0.143. The van der Waals surface area contributed by atoms with Crippen LogP contribution in [0.1, 0.15) is 71.6 Å². The van der Waals surface area contributed by atoms with Gasteiger partial charge in [-0.3, -0.25) is 14.5 Å². The smallest absolute Gasteiger partial charge is 0.414 e. The zero-order valence-corrected chi connectivity index (χ0v) is 33.0. The van der Waals surface area contributed by atoms with Crippen molar-refractivity contribution < 1.29 is 19.1 Å². The monoisotopic (exact) mass is 754 g/mol. The molecule has 2 aromatic carbocycles. The molecule has 2 aromatic rings. The van der Waals surface area contributed by atoms with E-state index in [1.807, 2.05) is 62.1 Å². The summed E-state index contributed by atoms with van der Waals surface area (Å²) in [5, 5.41) is 1.73. The number of piperazine rings is 1. The second-order valence-corrected chi connectivity index (χ2v) is 17.1. The van der Waals surface area contributed by atoms with Crippen molar-refractivity contribution in [3.63, 3.8) is 0 Å². The Morgan fingerprint density at radius 1 is 1.02 bits per heavy atom. The molecule has 0 unspecified atom stereocenters. The average Bonchev–Trinajstić information content (AvgIpc) is 3.77. The van der Waals surface area contributed by atoms with Crippen LogP contribution < -0.4 is 4.90 Å². The molecule has 3 amide bonds. The molecule has 0 N–H and O–H groups in total. The van der Waals surface area contributed by atoms with Gasteiger partial charge in [0.1, 0.15) is 22.1 Å². The van der Waals surface area contributed by atoms with E-state index in [-0.39, 0.29) is 23.8 Å². The molecule has 274 valence electrons. The first-order chi connectivity index (χ1) is 24.0. The predicted molar refractivity (Wildman–Crippen MR) is 205 cm³/mol. The van der Waals surface area contributed by atoms with E-state index in [2.05, 4.69) is 37.6 Å². The standard InChI is InChI=1S/C38H48Cl2N6O4S/c1-23(2)30-31(34(48)45-17-9-10-28(45)33(47)44-20-18-42(7)19-21-44)51-35-41-38(6,32(46(30)35)24-11-14-26(39)15-12-24)25-13-16-27(40)29(22-25)43(8)36(49)50-37(3,4)5/h11-16,22-23,28,32H,9-10,17-21H2,1-8H3/t28-,32+,38-/m0/s1. The van der Waals surface area contributed by atoms with Gasteiger partial charge in [-0.05, 0) is 101 Å². The normalized spacial score (nSPS) is 24.0. The van der Waals surface area contributed by atoms with E-state index in [4.69, 9.17) is 32.9 Å². The lowest BCUT2D eigenvalue weighted by Gasteiger charge is -2.38. The number of amides is 3. The third-order valence-corrected chi connectivity index (χ3v) is 11.7. The molecule has 4 aliphatic heterocycles. The van der Waals surface area contributed by atoms with Crippen LogP contribution in [0.2, 0.25) is 10.0 Å². The Kier molecular flexibility index (Phi) is 10.5. The fourth-order valence-corrected chi connectivity index (χ4v) is 9.16. The lowest BCUT2D eigenvalue weighted by atomic mass is 9.81. The molecule has 13 heteroatoms. The number of nitrogens with zero attached hydrogens (tertiary/aromatic N) is 6. The fourth-order valence-electron chi connectivity index (χ4n) is 7.43. The van der Waals surface area contributed by atoms with Crippen molar-refractivity contribution in [1.82, 2.24) is 19.6 Å². The highest BCUT2D eigenvalue weighted by molar-refractivity contribution is 8.18. The van der Waals surface area contributed by atoms with Crippen molar-refractivity contribution in [3.8, 4) is 0 Å². The summed E-state index contributed by atoms with van der Waals surface area (Å²) in [5.74, 6) is -0.104. The van der Waals surface area contributed by atoms with Crippen LogP contribution >= 0.6 is 35.0 Å². The molecule has 0 radical (unpaired) electrons. The number of ether oxygens (including phenoxy) is 1. The highest BCUT2D eigenvalue weighted by Crippen LogP contribution is 2.57. The summed E-state index contributed by atoms with van der Waals surface area (Å²) < 4.78 is 5.65. The number of likely N-dealkylation sites (tertiary alicyclic amines) is 1. The molecule has 0 spiro atoms. The number of fused-ring (bicyclic) bond motifs is 1. The average molecular weight is 756 g/mol. The highest BCUT2D eigenvalue weighted by Gasteiger charge is 2.54. The lowest BCUT2D eigenvalue weighted by Crippen LogP contribution is -2.53. The van der Waals surface area contributed by atoms with Crippen molar-refractivity contribution in [2.24, 2.45) is 10.9 Å². The largest absolute Gasteiger partial charge is 0.443 e. The first kappa shape index (κ1) is 37.5. The number of halogens is 2. The number of aliphatic imine (C=N–C) groups is 1. The Balaban J connectivity index is 1.38. The summed E-state index contributed by atoms with van der Waals surface area (Å²) in [6.07, 6.45) is 0.936. The number of allylic oxidation sites excluding steroid dienone is 1. The van der Waals surface area contributed by atoms with E-state index in [1.165, 1.54) is 16.7 Å². The van der Waals surface area contributed by atoms with Crippen molar-refractivity contribution in [1.29, 1.82) is 0 Å². The van der Waals surface area contributed by atoms with E-state index >= 15 is 0 Å². The first-order valence-electron chi connectivity index (χ1n) is 17.6. The molecule has 6 rings (SSSR count). The number of rotatable bonds is 6. The van der Waals surface area contributed by atoms with Crippen LogP contribution in [0.25, 0.3) is 0 Å². The van der Waals surface area contributed by atoms with Crippen LogP contribution in [0.4, 0.5) is 10.5 Å². The molecule has 0 aromatic heterocycles. The Hall–Kier alpha value is -3.25. The van der Waals surface area contributed by atoms with Crippen molar-refractivity contribution >= 4 is 63.7 Å². The fraction of sp³-hybridized carbons (Fsp3) is 0.526. The molecule has 2 saturated heterocycles. The molecule has 51 heavy (non-hydrogen) atoms. The molecular weight excluding hydrogens is 707 g/mol. The van der Waals surface area contributed by atoms with Crippen LogP contribution in [0.3, 0.4) is 0 Å². The third-order valence-electron chi connectivity index (χ3n) is 10.1. The number of carbonyl (C=O) groups excluding carboxylic acids is 3. The highest BCUT2D eigenvalue weighted by atomic mass is 35.5. The van der Waals surface area contributed by atoms with E-state index in [1.54, 1.807) is 18.0 Å². The van der Waals surface area contributed by atoms with Crippen LogP contribution in [0, 0.1) is 5.92 Å². The van der Waals surface area contributed by atoms with Gasteiger partial charge in [-0.1, -0.05) is 55.2 Å². The maximum atomic E-state index is 14.6. The van der Waals surface area contributed by atoms with Crippen LogP contribution in [-0.4, -0.2) is 101 Å². The maximum absolute atomic E-state index is 14.6. The van der Waals surface area contributed by atoms with Gasteiger partial charge in [0.25, 0.3) is 5.91 Å². The van der Waals surface area contributed by atoms with Crippen LogP contribution in [0.15, 0.2) is 58.1 Å². The number of amidine groups is 1. The molecule has 4 heterocycles. The Morgan fingerprint density at radius 2 is 1.69 bits per heavy atom. The van der Waals surface area contributed by atoms with E-state index < -0.39 is 23.3 Å². The third kappa shape index (κ3) is 7.24. The summed E-state index contributed by atoms with van der Waals surface area (Å²) in [5.41, 5.74) is 1.65. The zero-order valence-electron chi connectivity index (χ0n) is 30.7. The molecule has 0 aliphatic carbocycles. The Bertz CT molecular complexity index is 1770. The van der Waals surface area contributed by atoms with E-state index in [0.717, 1.165) is 36.3 Å². The van der Waals surface area contributed by atoms with Crippen molar-refractivity contribution in [2.45, 2.75) is 77.6 Å². The van der Waals surface area contributed by atoms with Gasteiger partial charge < -0.3 is 24.3 Å². The van der Waals surface area contributed by atoms with Gasteiger partial charge >= 0.3 is 6.09 Å². The minimum absolute atomic E-state index is 0.0326. The van der Waals surface area contributed by atoms with Crippen molar-refractivity contribution in [2.75, 3.05) is 51.7 Å². The van der Waals surface area contributed by atoms with Gasteiger partial charge in [-0.15, -0.1) is 0 Å². The summed E-state index contributed by atoms with van der Waals surface area (Å²) in [6.45, 7) is 15.3. The maximum Gasteiger partial charge on any atom is 0.414 e. The Labute approximate surface area is 315 Å². The summed E-state index contributed by atoms with van der Waals surface area (Å²) in [6, 6.07) is 12.5. The van der Waals surface area contributed by atoms with Crippen LogP contribution in [0.5, 0.6) is 0 Å². The summed E-state index contributed by atoms with van der Waals surface area (Å²) >= 11 is 14.5. The number of carbonyl (C=O) groups is 3. The second kappa shape index (κ2) is 14.3. The minimum atomic E-state index is -0.855. The molecule has 2 fully saturated rings. The van der Waals surface area contributed by atoms with Gasteiger partial charge in [0.05, 0.1) is 16.8 Å². The summed E-state index contributed by atoms with van der Waals surface area (Å²) in [7, 11) is 3.71. The van der Waals surface area contributed by atoms with E-state index in [9.17, 15) is 14.4 Å². The van der Waals surface area contributed by atoms with E-state index in [0.29, 0.717) is 51.9 Å². The topological polar surface area (TPSA) is 89.0 Å². The number of benzene rings is 2. The van der Waals surface area contributed by atoms with Gasteiger partial charge in [-0.25, -0.2) is 9.79 Å². The molecule has 10 nitrogen and oxygen atoms in total. The zero-order chi connectivity index (χ0) is 37.0. The summed E-state index contributed by atoms with van der Waals surface area (Å²) in [4.78, 5) is 57.0. The second-order valence-electron chi connectivity index (χ2n) is 15.3. The van der Waals surface area contributed by atoms with Gasteiger partial charge in [-0.2, -0.15) is 0 Å². The number of hydrogen-bond donors (Lipinski definition) is 0. The number of likely N-dealkylation sites (N-methyl/N-ethyl adjacent to an activating group) is 1. The van der Waals surface area contributed by atoms with Crippen LogP contribution in [-0.2, 0) is 19.9 Å².